The number of nitrogens with zero attached hydrogens (tertiary/aromatic N) is 3. The van der Waals surface area contributed by atoms with Crippen LogP contribution in [0.5, 0.6) is 0 Å². The number of furan rings is 1. The number of hydrogen-bond donors (Lipinski definition) is 0. The van der Waals surface area contributed by atoms with E-state index in [1.54, 1.807) is 17.6 Å². The molecular formula is C18H19N3OS. The van der Waals surface area contributed by atoms with Crippen LogP contribution in [0.15, 0.2) is 56.5 Å². The Hall–Kier alpha value is -2.40. The molecule has 0 saturated carbocycles. The van der Waals surface area contributed by atoms with Crippen molar-refractivity contribution < 1.29 is 4.42 Å². The third kappa shape index (κ3) is 3.35. The molecule has 2 heterocycles. The standard InChI is InChI=1S/C18H19N3OS/c1-4-19-18-21(16(12-23-18)17-6-5-9-22-17)20-11-15-8-7-13(2)10-14(15)3/h5-12H,4H2,1-3H3. The molecule has 0 saturated heterocycles. The van der Waals surface area contributed by atoms with Gasteiger partial charge in [-0.1, -0.05) is 23.8 Å². The molecule has 0 fully saturated rings. The highest BCUT2D eigenvalue weighted by molar-refractivity contribution is 7.07. The molecule has 0 spiro atoms. The minimum absolute atomic E-state index is 0.719. The second kappa shape index (κ2) is 6.79. The third-order valence-electron chi connectivity index (χ3n) is 3.49. The molecule has 0 aliphatic heterocycles. The van der Waals surface area contributed by atoms with Crippen molar-refractivity contribution in [2.75, 3.05) is 6.54 Å². The Bertz CT molecular complexity index is 885. The summed E-state index contributed by atoms with van der Waals surface area (Å²) in [5, 5.41) is 6.67. The molecule has 118 valence electrons. The molecule has 0 amide bonds. The maximum Gasteiger partial charge on any atom is 0.206 e. The van der Waals surface area contributed by atoms with E-state index in [0.717, 1.165) is 28.4 Å². The van der Waals surface area contributed by atoms with Crippen LogP contribution in [0.2, 0.25) is 0 Å². The van der Waals surface area contributed by atoms with Gasteiger partial charge >= 0.3 is 0 Å². The number of aromatic nitrogens is 1. The summed E-state index contributed by atoms with van der Waals surface area (Å²) in [4.78, 5) is 5.37. The largest absolute Gasteiger partial charge is 0.463 e. The highest BCUT2D eigenvalue weighted by Gasteiger charge is 2.09. The van der Waals surface area contributed by atoms with Crippen molar-refractivity contribution in [1.29, 1.82) is 0 Å². The zero-order chi connectivity index (χ0) is 16.2. The van der Waals surface area contributed by atoms with Gasteiger partial charge in [0, 0.05) is 11.9 Å². The molecule has 5 heteroatoms. The van der Waals surface area contributed by atoms with Gasteiger partial charge in [-0.05, 0) is 44.0 Å². The van der Waals surface area contributed by atoms with Crippen molar-refractivity contribution in [2.24, 2.45) is 10.1 Å². The second-order valence-electron chi connectivity index (χ2n) is 5.27. The van der Waals surface area contributed by atoms with E-state index in [1.807, 2.05) is 35.3 Å². The van der Waals surface area contributed by atoms with E-state index in [1.165, 1.54) is 11.1 Å². The molecule has 0 atom stereocenters. The smallest absolute Gasteiger partial charge is 0.206 e. The molecule has 1 aromatic carbocycles. The molecule has 0 aliphatic rings. The van der Waals surface area contributed by atoms with Crippen LogP contribution in [0, 0.1) is 13.8 Å². The SMILES string of the molecule is CCN=c1scc(-c2ccco2)n1N=Cc1ccc(C)cc1C. The summed E-state index contributed by atoms with van der Waals surface area (Å²) in [6.07, 6.45) is 3.55. The van der Waals surface area contributed by atoms with Crippen molar-refractivity contribution in [2.45, 2.75) is 20.8 Å². The zero-order valence-corrected chi connectivity index (χ0v) is 14.3. The Morgan fingerprint density at radius 2 is 2.13 bits per heavy atom. The fourth-order valence-corrected chi connectivity index (χ4v) is 3.22. The van der Waals surface area contributed by atoms with Gasteiger partial charge in [0.15, 0.2) is 5.76 Å². The zero-order valence-electron chi connectivity index (χ0n) is 13.5. The predicted octanol–water partition coefficient (Wildman–Crippen LogP) is 4.23. The molecule has 0 unspecified atom stereocenters. The van der Waals surface area contributed by atoms with Gasteiger partial charge in [-0.25, -0.2) is 4.68 Å². The summed E-state index contributed by atoms with van der Waals surface area (Å²) in [7, 11) is 0. The maximum atomic E-state index is 5.51. The Balaban J connectivity index is 2.06. The van der Waals surface area contributed by atoms with Gasteiger partial charge in [0.05, 0.1) is 12.5 Å². The highest BCUT2D eigenvalue weighted by Crippen LogP contribution is 2.20. The van der Waals surface area contributed by atoms with E-state index >= 15 is 0 Å². The normalized spacial score (nSPS) is 12.4. The van der Waals surface area contributed by atoms with E-state index < -0.39 is 0 Å². The monoisotopic (exact) mass is 325 g/mol. The number of benzene rings is 1. The first-order valence-electron chi connectivity index (χ1n) is 7.55. The lowest BCUT2D eigenvalue weighted by molar-refractivity contribution is 0.575. The Morgan fingerprint density at radius 3 is 2.83 bits per heavy atom. The van der Waals surface area contributed by atoms with Crippen LogP contribution >= 0.6 is 11.3 Å². The second-order valence-corrected chi connectivity index (χ2v) is 6.11. The van der Waals surface area contributed by atoms with Crippen molar-refractivity contribution >= 4 is 17.6 Å². The van der Waals surface area contributed by atoms with Gasteiger partial charge in [-0.3, -0.25) is 4.99 Å². The number of thiazole rings is 1. The van der Waals surface area contributed by atoms with Crippen molar-refractivity contribution in [3.8, 4) is 11.5 Å². The van der Waals surface area contributed by atoms with Gasteiger partial charge in [-0.15, -0.1) is 11.3 Å². The van der Waals surface area contributed by atoms with Crippen LogP contribution in [0.1, 0.15) is 23.6 Å². The molecule has 0 aliphatic carbocycles. The van der Waals surface area contributed by atoms with Crippen LogP contribution in [-0.4, -0.2) is 17.4 Å². The first kappa shape index (κ1) is 15.5. The molecule has 23 heavy (non-hydrogen) atoms. The van der Waals surface area contributed by atoms with E-state index in [-0.39, 0.29) is 0 Å². The van der Waals surface area contributed by atoms with Crippen molar-refractivity contribution in [1.82, 2.24) is 4.68 Å². The molecule has 3 rings (SSSR count). The van der Waals surface area contributed by atoms with Crippen LogP contribution < -0.4 is 4.80 Å². The van der Waals surface area contributed by atoms with Crippen LogP contribution in [0.3, 0.4) is 0 Å². The van der Waals surface area contributed by atoms with E-state index in [2.05, 4.69) is 42.1 Å². The molecule has 3 aromatic rings. The summed E-state index contributed by atoms with van der Waals surface area (Å²) >= 11 is 1.56. The first-order valence-corrected chi connectivity index (χ1v) is 8.43. The van der Waals surface area contributed by atoms with Gasteiger partial charge in [0.25, 0.3) is 0 Å². The Morgan fingerprint density at radius 1 is 1.26 bits per heavy atom. The summed E-state index contributed by atoms with van der Waals surface area (Å²) in [5.41, 5.74) is 4.47. The number of aryl methyl sites for hydroxylation is 2. The van der Waals surface area contributed by atoms with Crippen LogP contribution in [0.25, 0.3) is 11.5 Å². The van der Waals surface area contributed by atoms with E-state index in [4.69, 9.17) is 4.42 Å². The van der Waals surface area contributed by atoms with E-state index in [0.29, 0.717) is 0 Å². The quantitative estimate of drug-likeness (QED) is 0.662. The fourth-order valence-electron chi connectivity index (χ4n) is 2.34. The van der Waals surface area contributed by atoms with Crippen molar-refractivity contribution in [3.05, 3.63) is 63.5 Å². The molecule has 0 N–H and O–H groups in total. The van der Waals surface area contributed by atoms with Gasteiger partial charge in [0.2, 0.25) is 4.80 Å². The lowest BCUT2D eigenvalue weighted by Crippen LogP contribution is -2.12. The van der Waals surface area contributed by atoms with Gasteiger partial charge < -0.3 is 4.42 Å². The molecule has 0 radical (unpaired) electrons. The van der Waals surface area contributed by atoms with E-state index in [9.17, 15) is 0 Å². The van der Waals surface area contributed by atoms with Crippen LogP contribution in [0.4, 0.5) is 0 Å². The highest BCUT2D eigenvalue weighted by atomic mass is 32.1. The topological polar surface area (TPSA) is 42.8 Å². The summed E-state index contributed by atoms with van der Waals surface area (Å²) < 4.78 is 7.35. The number of rotatable bonds is 4. The molecule has 0 bridgehead atoms. The summed E-state index contributed by atoms with van der Waals surface area (Å²) in [5.74, 6) is 0.789. The summed E-state index contributed by atoms with van der Waals surface area (Å²) in [6, 6.07) is 10.1. The lowest BCUT2D eigenvalue weighted by Gasteiger charge is -2.03. The minimum atomic E-state index is 0.719. The Labute approximate surface area is 139 Å². The fraction of sp³-hybridized carbons (Fsp3) is 0.222. The average Bonchev–Trinajstić information content (AvgIpc) is 3.16. The van der Waals surface area contributed by atoms with Crippen LogP contribution in [-0.2, 0) is 0 Å². The Kier molecular flexibility index (Phi) is 4.57. The third-order valence-corrected chi connectivity index (χ3v) is 4.34. The molecular weight excluding hydrogens is 306 g/mol. The van der Waals surface area contributed by atoms with Crippen molar-refractivity contribution in [3.63, 3.8) is 0 Å². The summed E-state index contributed by atoms with van der Waals surface area (Å²) in [6.45, 7) is 6.92. The molecule has 4 nitrogen and oxygen atoms in total. The minimum Gasteiger partial charge on any atom is -0.463 e. The van der Waals surface area contributed by atoms with Gasteiger partial charge in [-0.2, -0.15) is 5.10 Å². The maximum absolute atomic E-state index is 5.51. The lowest BCUT2D eigenvalue weighted by atomic mass is 10.1. The first-order chi connectivity index (χ1) is 11.2. The molecule has 2 aromatic heterocycles. The predicted molar refractivity (Wildman–Crippen MR) is 95.0 cm³/mol. The number of hydrogen-bond acceptors (Lipinski definition) is 4. The average molecular weight is 325 g/mol. The van der Waals surface area contributed by atoms with Gasteiger partial charge in [0.1, 0.15) is 5.69 Å².